The summed E-state index contributed by atoms with van der Waals surface area (Å²) in [5, 5.41) is 14.8. The standard InChI is InChI=1S/C21H31N5OS/c1-28-19-4-5-20(22-15-19)25-12-6-21(7-13-25)14-18(27)16-24(17-21)9-3-11-26-10-2-8-23-26/h2,4-5,8,10,15,18,27H,3,6-7,9,11-14,16-17H2,1H3. The van der Waals surface area contributed by atoms with Crippen LogP contribution in [0.5, 0.6) is 0 Å². The zero-order valence-electron chi connectivity index (χ0n) is 16.7. The second-order valence-corrected chi connectivity index (χ2v) is 9.14. The number of aryl methyl sites for hydroxylation is 1. The third-order valence-corrected chi connectivity index (χ3v) is 6.93. The van der Waals surface area contributed by atoms with Gasteiger partial charge < -0.3 is 14.9 Å². The van der Waals surface area contributed by atoms with Crippen molar-refractivity contribution in [2.75, 3.05) is 43.9 Å². The van der Waals surface area contributed by atoms with E-state index in [4.69, 9.17) is 0 Å². The van der Waals surface area contributed by atoms with Gasteiger partial charge in [0.05, 0.1) is 6.10 Å². The van der Waals surface area contributed by atoms with Gasteiger partial charge in [0.2, 0.25) is 0 Å². The first-order valence-corrected chi connectivity index (χ1v) is 11.5. The lowest BCUT2D eigenvalue weighted by molar-refractivity contribution is -0.0225. The SMILES string of the molecule is CSc1ccc(N2CCC3(CC2)CC(O)CN(CCCn2cccn2)C3)nc1. The highest BCUT2D eigenvalue weighted by molar-refractivity contribution is 7.98. The molecule has 0 radical (unpaired) electrons. The van der Waals surface area contributed by atoms with Crippen LogP contribution in [0.4, 0.5) is 5.82 Å². The number of aliphatic hydroxyl groups is 1. The fourth-order valence-corrected chi connectivity index (χ4v) is 5.14. The number of piperidine rings is 2. The number of hydrogen-bond donors (Lipinski definition) is 1. The fraction of sp³-hybridized carbons (Fsp3) is 0.619. The van der Waals surface area contributed by atoms with Crippen LogP contribution in [-0.4, -0.2) is 69.9 Å². The third-order valence-electron chi connectivity index (χ3n) is 6.22. The molecule has 28 heavy (non-hydrogen) atoms. The number of anilines is 1. The molecule has 0 aliphatic carbocycles. The third kappa shape index (κ3) is 4.70. The van der Waals surface area contributed by atoms with Crippen LogP contribution in [0.1, 0.15) is 25.7 Å². The number of likely N-dealkylation sites (tertiary alicyclic amines) is 1. The molecule has 2 aromatic heterocycles. The lowest BCUT2D eigenvalue weighted by atomic mass is 9.71. The fourth-order valence-electron chi connectivity index (χ4n) is 4.78. The average molecular weight is 402 g/mol. The summed E-state index contributed by atoms with van der Waals surface area (Å²) in [6, 6.07) is 6.26. The van der Waals surface area contributed by atoms with Gasteiger partial charge in [-0.05, 0) is 55.6 Å². The summed E-state index contributed by atoms with van der Waals surface area (Å²) >= 11 is 1.73. The normalized spacial score (nSPS) is 22.6. The van der Waals surface area contributed by atoms with Gasteiger partial charge in [0.15, 0.2) is 0 Å². The van der Waals surface area contributed by atoms with Crippen molar-refractivity contribution in [2.24, 2.45) is 5.41 Å². The Hall–Kier alpha value is -1.57. The van der Waals surface area contributed by atoms with Crippen molar-refractivity contribution in [1.29, 1.82) is 0 Å². The van der Waals surface area contributed by atoms with Crippen LogP contribution in [0.25, 0.3) is 0 Å². The van der Waals surface area contributed by atoms with Crippen molar-refractivity contribution < 1.29 is 5.11 Å². The zero-order valence-corrected chi connectivity index (χ0v) is 17.5. The predicted molar refractivity (Wildman–Crippen MR) is 114 cm³/mol. The van der Waals surface area contributed by atoms with Crippen LogP contribution in [0, 0.1) is 5.41 Å². The number of aliphatic hydroxyl groups excluding tert-OH is 1. The Bertz CT molecular complexity index is 728. The van der Waals surface area contributed by atoms with Gasteiger partial charge >= 0.3 is 0 Å². The molecular weight excluding hydrogens is 370 g/mol. The molecule has 1 unspecified atom stereocenters. The number of rotatable bonds is 6. The van der Waals surface area contributed by atoms with Crippen molar-refractivity contribution >= 4 is 17.6 Å². The summed E-state index contributed by atoms with van der Waals surface area (Å²) in [6.45, 7) is 5.94. The number of thioether (sulfide) groups is 1. The Morgan fingerprint density at radius 3 is 2.79 bits per heavy atom. The molecule has 0 aromatic carbocycles. The topological polar surface area (TPSA) is 57.4 Å². The minimum absolute atomic E-state index is 0.205. The maximum atomic E-state index is 10.5. The highest BCUT2D eigenvalue weighted by atomic mass is 32.2. The van der Waals surface area contributed by atoms with E-state index < -0.39 is 0 Å². The van der Waals surface area contributed by atoms with E-state index in [1.54, 1.807) is 11.8 Å². The molecule has 4 rings (SSSR count). The second-order valence-electron chi connectivity index (χ2n) is 8.26. The van der Waals surface area contributed by atoms with E-state index in [-0.39, 0.29) is 11.5 Å². The Kier molecular flexibility index (Phi) is 6.23. The van der Waals surface area contributed by atoms with E-state index in [1.807, 2.05) is 29.3 Å². The van der Waals surface area contributed by atoms with Gasteiger partial charge in [-0.15, -0.1) is 11.8 Å². The summed E-state index contributed by atoms with van der Waals surface area (Å²) in [7, 11) is 0. The molecular formula is C21H31N5OS. The molecule has 0 bridgehead atoms. The van der Waals surface area contributed by atoms with E-state index in [0.717, 1.165) is 70.8 Å². The minimum Gasteiger partial charge on any atom is -0.392 e. The first kappa shape index (κ1) is 19.7. The average Bonchev–Trinajstić information content (AvgIpc) is 3.22. The molecule has 0 saturated carbocycles. The van der Waals surface area contributed by atoms with Crippen LogP contribution < -0.4 is 4.90 Å². The maximum absolute atomic E-state index is 10.5. The van der Waals surface area contributed by atoms with Crippen LogP contribution in [0.2, 0.25) is 0 Å². The molecule has 2 fully saturated rings. The van der Waals surface area contributed by atoms with Gasteiger partial charge in [-0.1, -0.05) is 0 Å². The molecule has 1 spiro atoms. The van der Waals surface area contributed by atoms with Crippen LogP contribution >= 0.6 is 11.8 Å². The molecule has 152 valence electrons. The minimum atomic E-state index is -0.205. The summed E-state index contributed by atoms with van der Waals surface area (Å²) in [5.74, 6) is 1.08. The van der Waals surface area contributed by atoms with E-state index >= 15 is 0 Å². The molecule has 2 aromatic rings. The highest BCUT2D eigenvalue weighted by Gasteiger charge is 2.41. The van der Waals surface area contributed by atoms with E-state index in [1.165, 1.54) is 4.90 Å². The largest absolute Gasteiger partial charge is 0.392 e. The van der Waals surface area contributed by atoms with Crippen LogP contribution in [0.3, 0.4) is 0 Å². The zero-order chi connectivity index (χ0) is 19.4. The molecule has 1 N–H and O–H groups in total. The van der Waals surface area contributed by atoms with E-state index in [0.29, 0.717) is 0 Å². The van der Waals surface area contributed by atoms with Crippen LogP contribution in [0.15, 0.2) is 41.7 Å². The van der Waals surface area contributed by atoms with Crippen molar-refractivity contribution in [3.8, 4) is 0 Å². The van der Waals surface area contributed by atoms with Crippen molar-refractivity contribution in [3.63, 3.8) is 0 Å². The Morgan fingerprint density at radius 2 is 2.11 bits per heavy atom. The molecule has 2 saturated heterocycles. The first-order chi connectivity index (χ1) is 13.7. The Labute approximate surface area is 171 Å². The van der Waals surface area contributed by atoms with Gasteiger partial charge in [-0.25, -0.2) is 4.98 Å². The van der Waals surface area contributed by atoms with Gasteiger partial charge in [-0.3, -0.25) is 4.68 Å². The molecule has 1 atom stereocenters. The Morgan fingerprint density at radius 1 is 1.25 bits per heavy atom. The van der Waals surface area contributed by atoms with E-state index in [9.17, 15) is 5.11 Å². The summed E-state index contributed by atoms with van der Waals surface area (Å²) in [6.07, 6.45) is 12.0. The van der Waals surface area contributed by atoms with Crippen molar-refractivity contribution in [1.82, 2.24) is 19.7 Å². The monoisotopic (exact) mass is 401 g/mol. The number of hydrogen-bond acceptors (Lipinski definition) is 6. The van der Waals surface area contributed by atoms with E-state index in [2.05, 4.69) is 38.3 Å². The highest BCUT2D eigenvalue weighted by Crippen LogP contribution is 2.40. The molecule has 2 aliphatic heterocycles. The predicted octanol–water partition coefficient (Wildman–Crippen LogP) is 2.74. The number of β-amino-alcohol motifs (C(OH)–C–C–N with tert-alkyl or cyclic N) is 1. The maximum Gasteiger partial charge on any atom is 0.128 e. The molecule has 2 aliphatic rings. The van der Waals surface area contributed by atoms with Crippen LogP contribution in [-0.2, 0) is 6.54 Å². The summed E-state index contributed by atoms with van der Waals surface area (Å²) < 4.78 is 1.99. The van der Waals surface area contributed by atoms with Gasteiger partial charge in [-0.2, -0.15) is 5.10 Å². The summed E-state index contributed by atoms with van der Waals surface area (Å²) in [5.41, 5.74) is 0.249. The lowest BCUT2D eigenvalue weighted by Crippen LogP contribution is -2.54. The second kappa shape index (κ2) is 8.84. The van der Waals surface area contributed by atoms with Crippen molar-refractivity contribution in [2.45, 2.75) is 43.2 Å². The summed E-state index contributed by atoms with van der Waals surface area (Å²) in [4.78, 5) is 10.7. The molecule has 0 amide bonds. The molecule has 7 heteroatoms. The van der Waals surface area contributed by atoms with Gasteiger partial charge in [0, 0.05) is 62.8 Å². The number of nitrogens with zero attached hydrogens (tertiary/aromatic N) is 5. The van der Waals surface area contributed by atoms with Gasteiger partial charge in [0.1, 0.15) is 5.82 Å². The lowest BCUT2D eigenvalue weighted by Gasteiger charge is -2.49. The molecule has 4 heterocycles. The smallest absolute Gasteiger partial charge is 0.128 e. The van der Waals surface area contributed by atoms with Gasteiger partial charge in [0.25, 0.3) is 0 Å². The Balaban J connectivity index is 1.31. The first-order valence-electron chi connectivity index (χ1n) is 10.3. The number of pyridine rings is 1. The van der Waals surface area contributed by atoms with Crippen molar-refractivity contribution in [3.05, 3.63) is 36.8 Å². The molecule has 6 nitrogen and oxygen atoms in total. The quantitative estimate of drug-likeness (QED) is 0.751. The number of aromatic nitrogens is 3.